The molecule has 6 nitrogen and oxygen atoms in total. The third-order valence-corrected chi connectivity index (χ3v) is 9.01. The smallest absolute Gasteiger partial charge is 0.275 e. The van der Waals surface area contributed by atoms with Crippen LogP contribution in [-0.2, 0) is 27.7 Å². The molecule has 1 heterocycles. The van der Waals surface area contributed by atoms with Crippen molar-refractivity contribution in [2.24, 2.45) is 5.92 Å². The number of carbonyl (C=O) groups excluding carboxylic acids is 1. The van der Waals surface area contributed by atoms with E-state index >= 15 is 0 Å². The zero-order chi connectivity index (χ0) is 21.0. The molecule has 1 saturated heterocycles. The van der Waals surface area contributed by atoms with Gasteiger partial charge in [0.25, 0.3) is 5.91 Å². The zero-order valence-corrected chi connectivity index (χ0v) is 18.8. The fourth-order valence-corrected chi connectivity index (χ4v) is 6.67. The molecular weight excluding hydrogens is 398 g/mol. The van der Waals surface area contributed by atoms with Gasteiger partial charge in [0.1, 0.15) is 0 Å². The standard InChI is InChI=1S/C23H35N3O3S/c27-23(24-17-19-6-2-1-3-7-19)18-25-12-14-26(15-13-25)30(28,29)22-11-10-20-8-4-5-9-21(20)16-22/h10-11,16,19H,1-9,12-15,17-18H2,(H,24,27)/p+1. The van der Waals surface area contributed by atoms with E-state index in [2.05, 4.69) is 5.32 Å². The third-order valence-electron chi connectivity index (χ3n) is 7.11. The lowest BCUT2D eigenvalue weighted by molar-refractivity contribution is -0.895. The lowest BCUT2D eigenvalue weighted by Crippen LogP contribution is -3.15. The number of fused-ring (bicyclic) bond motifs is 1. The highest BCUT2D eigenvalue weighted by Crippen LogP contribution is 2.26. The molecule has 3 aliphatic rings. The van der Waals surface area contributed by atoms with E-state index in [9.17, 15) is 13.2 Å². The predicted octanol–water partition coefficient (Wildman–Crippen LogP) is 1.15. The molecule has 0 radical (unpaired) electrons. The van der Waals surface area contributed by atoms with Crippen molar-refractivity contribution < 1.29 is 18.1 Å². The van der Waals surface area contributed by atoms with Crippen LogP contribution >= 0.6 is 0 Å². The van der Waals surface area contributed by atoms with Crippen LogP contribution in [0, 0.1) is 5.92 Å². The van der Waals surface area contributed by atoms with Crippen LogP contribution in [0.25, 0.3) is 0 Å². The van der Waals surface area contributed by atoms with Gasteiger partial charge in [-0.1, -0.05) is 25.3 Å². The van der Waals surface area contributed by atoms with Gasteiger partial charge in [0.15, 0.2) is 6.54 Å². The molecule has 2 fully saturated rings. The van der Waals surface area contributed by atoms with Crippen molar-refractivity contribution in [1.82, 2.24) is 9.62 Å². The number of benzene rings is 1. The lowest BCUT2D eigenvalue weighted by atomic mass is 9.89. The van der Waals surface area contributed by atoms with Crippen LogP contribution in [0.3, 0.4) is 0 Å². The maximum atomic E-state index is 13.1. The van der Waals surface area contributed by atoms with Crippen molar-refractivity contribution in [3.05, 3.63) is 29.3 Å². The van der Waals surface area contributed by atoms with Crippen molar-refractivity contribution in [1.29, 1.82) is 0 Å². The second-order valence-corrected chi connectivity index (χ2v) is 11.2. The van der Waals surface area contributed by atoms with Gasteiger partial charge in [-0.3, -0.25) is 4.79 Å². The minimum atomic E-state index is -3.45. The summed E-state index contributed by atoms with van der Waals surface area (Å²) in [6, 6.07) is 5.67. The Morgan fingerprint density at radius 2 is 1.70 bits per heavy atom. The summed E-state index contributed by atoms with van der Waals surface area (Å²) in [5.41, 5.74) is 2.50. The monoisotopic (exact) mass is 434 g/mol. The molecule has 30 heavy (non-hydrogen) atoms. The summed E-state index contributed by atoms with van der Waals surface area (Å²) < 4.78 is 27.8. The molecule has 1 aliphatic heterocycles. The topological polar surface area (TPSA) is 70.9 Å². The molecule has 0 unspecified atom stereocenters. The van der Waals surface area contributed by atoms with Crippen LogP contribution < -0.4 is 10.2 Å². The fourth-order valence-electron chi connectivity index (χ4n) is 5.18. The molecule has 1 aromatic rings. The summed E-state index contributed by atoms with van der Waals surface area (Å²) >= 11 is 0. The number of amides is 1. The van der Waals surface area contributed by atoms with Gasteiger partial charge in [0.05, 0.1) is 31.1 Å². The van der Waals surface area contributed by atoms with E-state index in [4.69, 9.17) is 0 Å². The normalized spacial score (nSPS) is 21.9. The first-order valence-electron chi connectivity index (χ1n) is 11.7. The van der Waals surface area contributed by atoms with E-state index in [1.165, 1.54) is 54.6 Å². The quantitative estimate of drug-likeness (QED) is 0.706. The summed E-state index contributed by atoms with van der Waals surface area (Å²) in [4.78, 5) is 13.9. The Kier molecular flexibility index (Phi) is 7.11. The average Bonchev–Trinajstić information content (AvgIpc) is 2.78. The van der Waals surface area contributed by atoms with Crippen molar-refractivity contribution in [3.63, 3.8) is 0 Å². The summed E-state index contributed by atoms with van der Waals surface area (Å²) in [6.45, 7) is 3.56. The second-order valence-electron chi connectivity index (χ2n) is 9.28. The molecule has 0 spiro atoms. The van der Waals surface area contributed by atoms with Crippen LogP contribution in [0.15, 0.2) is 23.1 Å². The lowest BCUT2D eigenvalue weighted by Gasteiger charge is -2.31. The number of hydrogen-bond acceptors (Lipinski definition) is 3. The van der Waals surface area contributed by atoms with Crippen LogP contribution in [0.1, 0.15) is 56.1 Å². The van der Waals surface area contributed by atoms with Crippen molar-refractivity contribution in [2.75, 3.05) is 39.3 Å². The van der Waals surface area contributed by atoms with E-state index in [1.807, 2.05) is 12.1 Å². The Labute approximate surface area is 181 Å². The number of quaternary nitrogens is 1. The Morgan fingerprint density at radius 1 is 1.00 bits per heavy atom. The Bertz CT molecular complexity index is 841. The molecule has 1 aromatic carbocycles. The van der Waals surface area contributed by atoms with Crippen molar-refractivity contribution >= 4 is 15.9 Å². The molecule has 2 N–H and O–H groups in total. The minimum absolute atomic E-state index is 0.0987. The number of aryl methyl sites for hydroxylation is 2. The number of sulfonamides is 1. The van der Waals surface area contributed by atoms with Gasteiger partial charge in [-0.2, -0.15) is 4.31 Å². The first kappa shape index (κ1) is 21.8. The van der Waals surface area contributed by atoms with Gasteiger partial charge in [-0.15, -0.1) is 0 Å². The molecule has 1 saturated carbocycles. The number of nitrogens with zero attached hydrogens (tertiary/aromatic N) is 1. The number of piperazine rings is 1. The second kappa shape index (κ2) is 9.79. The molecule has 7 heteroatoms. The predicted molar refractivity (Wildman–Crippen MR) is 117 cm³/mol. The van der Waals surface area contributed by atoms with Gasteiger partial charge in [0, 0.05) is 6.54 Å². The van der Waals surface area contributed by atoms with Gasteiger partial charge in [0.2, 0.25) is 10.0 Å². The fraction of sp³-hybridized carbons (Fsp3) is 0.696. The highest BCUT2D eigenvalue weighted by molar-refractivity contribution is 7.89. The van der Waals surface area contributed by atoms with E-state index in [0.29, 0.717) is 43.5 Å². The van der Waals surface area contributed by atoms with E-state index in [0.717, 1.165) is 25.8 Å². The van der Waals surface area contributed by atoms with Crippen LogP contribution in [0.5, 0.6) is 0 Å². The Morgan fingerprint density at radius 3 is 2.43 bits per heavy atom. The third kappa shape index (κ3) is 5.24. The maximum absolute atomic E-state index is 13.1. The largest absolute Gasteiger partial charge is 0.351 e. The van der Waals surface area contributed by atoms with E-state index in [1.54, 1.807) is 10.4 Å². The highest BCUT2D eigenvalue weighted by Gasteiger charge is 2.31. The molecule has 4 rings (SSSR count). The summed E-state index contributed by atoms with van der Waals surface area (Å²) in [6.07, 6.45) is 10.7. The Hall–Kier alpha value is -1.44. The SMILES string of the molecule is O=C(C[NH+]1CCN(S(=O)(=O)c2ccc3c(c2)CCCC3)CC1)NCC1CCCCC1. The first-order valence-corrected chi connectivity index (χ1v) is 13.2. The molecule has 0 atom stereocenters. The maximum Gasteiger partial charge on any atom is 0.275 e. The summed E-state index contributed by atoms with van der Waals surface area (Å²) in [5.74, 6) is 0.734. The van der Waals surface area contributed by atoms with Gasteiger partial charge < -0.3 is 10.2 Å². The van der Waals surface area contributed by atoms with Gasteiger partial charge >= 0.3 is 0 Å². The molecule has 166 valence electrons. The zero-order valence-electron chi connectivity index (χ0n) is 18.0. The van der Waals surface area contributed by atoms with Crippen molar-refractivity contribution in [3.8, 4) is 0 Å². The number of hydrogen-bond donors (Lipinski definition) is 2. The summed E-state index contributed by atoms with van der Waals surface area (Å²) in [7, 11) is -3.45. The highest BCUT2D eigenvalue weighted by atomic mass is 32.2. The molecular formula is C23H36N3O3S+. The molecule has 0 bridgehead atoms. The van der Waals surface area contributed by atoms with Crippen molar-refractivity contribution in [2.45, 2.75) is 62.7 Å². The van der Waals surface area contributed by atoms with Crippen LogP contribution in [0.4, 0.5) is 0 Å². The van der Waals surface area contributed by atoms with E-state index in [-0.39, 0.29) is 5.91 Å². The molecule has 2 aliphatic carbocycles. The average molecular weight is 435 g/mol. The number of rotatable bonds is 6. The minimum Gasteiger partial charge on any atom is -0.351 e. The first-order chi connectivity index (χ1) is 14.5. The van der Waals surface area contributed by atoms with Crippen LogP contribution in [-0.4, -0.2) is 57.9 Å². The van der Waals surface area contributed by atoms with E-state index < -0.39 is 10.0 Å². The number of nitrogens with one attached hydrogen (secondary N) is 2. The molecule has 1 amide bonds. The Balaban J connectivity index is 1.26. The number of carbonyl (C=O) groups is 1. The summed E-state index contributed by atoms with van der Waals surface area (Å²) in [5, 5.41) is 3.10. The van der Waals surface area contributed by atoms with Gasteiger partial charge in [-0.25, -0.2) is 8.42 Å². The van der Waals surface area contributed by atoms with Crippen LogP contribution in [0.2, 0.25) is 0 Å². The molecule has 0 aromatic heterocycles. The van der Waals surface area contributed by atoms with Gasteiger partial charge in [-0.05, 0) is 67.7 Å².